The van der Waals surface area contributed by atoms with E-state index in [0.29, 0.717) is 5.82 Å². The number of nitrogens with two attached hydrogens (primary N) is 1. The van der Waals surface area contributed by atoms with Crippen molar-refractivity contribution in [3.8, 4) is 0 Å². The summed E-state index contributed by atoms with van der Waals surface area (Å²) in [6, 6.07) is 1.49. The molecule has 0 saturated heterocycles. The van der Waals surface area contributed by atoms with Crippen LogP contribution in [0.3, 0.4) is 0 Å². The van der Waals surface area contributed by atoms with Crippen molar-refractivity contribution in [2.24, 2.45) is 11.1 Å². The van der Waals surface area contributed by atoms with Crippen LogP contribution >= 0.6 is 11.6 Å². The summed E-state index contributed by atoms with van der Waals surface area (Å²) in [7, 11) is 0. The van der Waals surface area contributed by atoms with Gasteiger partial charge in [0, 0.05) is 11.6 Å². The maximum absolute atomic E-state index is 12.1. The number of carbonyl (C=O) groups excluding carboxylic acids is 1. The SMILES string of the molecule is CC(C)(N)C(C)(C)C(=O)Nc1cc(Cl)ncn1. The first kappa shape index (κ1) is 13.9. The van der Waals surface area contributed by atoms with Crippen molar-refractivity contribution < 1.29 is 4.79 Å². The lowest BCUT2D eigenvalue weighted by atomic mass is 9.74. The number of rotatable bonds is 3. The summed E-state index contributed by atoms with van der Waals surface area (Å²) in [5, 5.41) is 2.95. The minimum atomic E-state index is -0.732. The maximum atomic E-state index is 12.1. The average molecular weight is 257 g/mol. The summed E-state index contributed by atoms with van der Waals surface area (Å²) in [6.07, 6.45) is 1.29. The number of carbonyl (C=O) groups is 1. The molecule has 0 saturated carbocycles. The fourth-order valence-corrected chi connectivity index (χ4v) is 1.11. The Labute approximate surface area is 106 Å². The van der Waals surface area contributed by atoms with Crippen LogP contribution < -0.4 is 11.1 Å². The van der Waals surface area contributed by atoms with E-state index in [4.69, 9.17) is 17.3 Å². The van der Waals surface area contributed by atoms with Gasteiger partial charge in [-0.25, -0.2) is 9.97 Å². The van der Waals surface area contributed by atoms with Crippen molar-refractivity contribution in [1.82, 2.24) is 9.97 Å². The van der Waals surface area contributed by atoms with Gasteiger partial charge in [-0.1, -0.05) is 11.6 Å². The number of halogens is 1. The lowest BCUT2D eigenvalue weighted by Crippen LogP contribution is -2.53. The van der Waals surface area contributed by atoms with Gasteiger partial charge in [0.1, 0.15) is 17.3 Å². The van der Waals surface area contributed by atoms with Crippen LogP contribution in [0, 0.1) is 5.41 Å². The molecule has 6 heteroatoms. The molecule has 1 amide bonds. The van der Waals surface area contributed by atoms with Crippen molar-refractivity contribution in [2.75, 3.05) is 5.32 Å². The molecule has 3 N–H and O–H groups in total. The van der Waals surface area contributed by atoms with Crippen LogP contribution in [0.5, 0.6) is 0 Å². The molecule has 0 bridgehead atoms. The minimum Gasteiger partial charge on any atom is -0.325 e. The zero-order valence-electron chi connectivity index (χ0n) is 10.4. The van der Waals surface area contributed by atoms with Gasteiger partial charge in [0.25, 0.3) is 0 Å². The summed E-state index contributed by atoms with van der Waals surface area (Å²) in [6.45, 7) is 7.18. The Morgan fingerprint density at radius 1 is 1.35 bits per heavy atom. The second kappa shape index (κ2) is 4.58. The van der Waals surface area contributed by atoms with E-state index in [1.807, 2.05) is 0 Å². The van der Waals surface area contributed by atoms with E-state index in [9.17, 15) is 4.79 Å². The van der Waals surface area contributed by atoms with Gasteiger partial charge in [-0.3, -0.25) is 4.79 Å². The molecule has 0 unspecified atom stereocenters. The lowest BCUT2D eigenvalue weighted by molar-refractivity contribution is -0.126. The van der Waals surface area contributed by atoms with Crippen LogP contribution in [0.4, 0.5) is 5.82 Å². The molecule has 0 aliphatic rings. The van der Waals surface area contributed by atoms with E-state index < -0.39 is 11.0 Å². The predicted molar refractivity (Wildman–Crippen MR) is 67.7 cm³/mol. The van der Waals surface area contributed by atoms with Crippen LogP contribution in [0.15, 0.2) is 12.4 Å². The third kappa shape index (κ3) is 3.14. The van der Waals surface area contributed by atoms with E-state index in [1.165, 1.54) is 12.4 Å². The van der Waals surface area contributed by atoms with E-state index in [2.05, 4.69) is 15.3 Å². The number of nitrogens with one attached hydrogen (secondary N) is 1. The van der Waals surface area contributed by atoms with Crippen molar-refractivity contribution in [2.45, 2.75) is 33.2 Å². The molecule has 1 rings (SSSR count). The van der Waals surface area contributed by atoms with Crippen LogP contribution in [0.25, 0.3) is 0 Å². The highest BCUT2D eigenvalue weighted by atomic mass is 35.5. The lowest BCUT2D eigenvalue weighted by Gasteiger charge is -2.36. The molecule has 0 atom stereocenters. The summed E-state index contributed by atoms with van der Waals surface area (Å²) >= 11 is 5.71. The third-order valence-corrected chi connectivity index (χ3v) is 3.26. The predicted octanol–water partition coefficient (Wildman–Crippen LogP) is 1.83. The largest absolute Gasteiger partial charge is 0.325 e. The Hall–Kier alpha value is -1.20. The van der Waals surface area contributed by atoms with E-state index >= 15 is 0 Å². The minimum absolute atomic E-state index is 0.209. The average Bonchev–Trinajstić information content (AvgIpc) is 2.15. The molecule has 0 aliphatic carbocycles. The first-order valence-electron chi connectivity index (χ1n) is 5.22. The van der Waals surface area contributed by atoms with Crippen LogP contribution in [0.1, 0.15) is 27.7 Å². The zero-order chi connectivity index (χ0) is 13.3. The monoisotopic (exact) mass is 256 g/mol. The highest BCUT2D eigenvalue weighted by Gasteiger charge is 2.40. The number of hydrogen-bond acceptors (Lipinski definition) is 4. The summed E-state index contributed by atoms with van der Waals surface area (Å²) < 4.78 is 0. The second-order valence-corrected chi connectivity index (χ2v) is 5.41. The smallest absolute Gasteiger partial charge is 0.233 e. The molecule has 0 aliphatic heterocycles. The number of nitrogens with zero attached hydrogens (tertiary/aromatic N) is 2. The van der Waals surface area contributed by atoms with Gasteiger partial charge in [0.2, 0.25) is 5.91 Å². The Balaban J connectivity index is 2.87. The Kier molecular flexibility index (Phi) is 3.74. The Morgan fingerprint density at radius 2 is 1.94 bits per heavy atom. The summed E-state index contributed by atoms with van der Waals surface area (Å²) in [4.78, 5) is 19.7. The third-order valence-electron chi connectivity index (χ3n) is 3.05. The first-order chi connectivity index (χ1) is 7.64. The van der Waals surface area contributed by atoms with Crippen LogP contribution in [-0.2, 0) is 4.79 Å². The van der Waals surface area contributed by atoms with Crippen molar-refractivity contribution in [3.05, 3.63) is 17.5 Å². The molecule has 0 fully saturated rings. The molecule has 0 aromatic carbocycles. The number of amides is 1. The van der Waals surface area contributed by atoms with Gasteiger partial charge in [0.15, 0.2) is 0 Å². The quantitative estimate of drug-likeness (QED) is 0.809. The molecule has 1 aromatic rings. The van der Waals surface area contributed by atoms with Gasteiger partial charge in [0.05, 0.1) is 5.41 Å². The summed E-state index contributed by atoms with van der Waals surface area (Å²) in [5.41, 5.74) is 4.60. The van der Waals surface area contributed by atoms with E-state index in [1.54, 1.807) is 27.7 Å². The molecule has 1 aromatic heterocycles. The molecule has 5 nitrogen and oxygen atoms in total. The van der Waals surface area contributed by atoms with Gasteiger partial charge >= 0.3 is 0 Å². The van der Waals surface area contributed by atoms with Crippen molar-refractivity contribution in [1.29, 1.82) is 0 Å². The second-order valence-electron chi connectivity index (χ2n) is 5.03. The molecule has 0 radical (unpaired) electrons. The molecule has 94 valence electrons. The molecule has 0 spiro atoms. The zero-order valence-corrected chi connectivity index (χ0v) is 11.2. The fraction of sp³-hybridized carbons (Fsp3) is 0.545. The highest BCUT2D eigenvalue weighted by molar-refractivity contribution is 6.29. The van der Waals surface area contributed by atoms with Gasteiger partial charge < -0.3 is 11.1 Å². The number of hydrogen-bond donors (Lipinski definition) is 2. The molecule has 17 heavy (non-hydrogen) atoms. The maximum Gasteiger partial charge on any atom is 0.233 e. The number of anilines is 1. The standard InChI is InChI=1S/C11H17ClN4O/c1-10(2,11(3,4)13)9(17)16-8-5-7(12)14-6-15-8/h5-6H,13H2,1-4H3,(H,14,15,16,17). The molecular formula is C11H17ClN4O. The van der Waals surface area contributed by atoms with Crippen molar-refractivity contribution >= 4 is 23.3 Å². The Bertz CT molecular complexity index is 426. The first-order valence-corrected chi connectivity index (χ1v) is 5.60. The van der Waals surface area contributed by atoms with E-state index in [-0.39, 0.29) is 11.1 Å². The van der Waals surface area contributed by atoms with Gasteiger partial charge in [-0.15, -0.1) is 0 Å². The summed E-state index contributed by atoms with van der Waals surface area (Å²) in [5.74, 6) is 0.159. The number of aromatic nitrogens is 2. The fourth-order valence-electron chi connectivity index (χ4n) is 0.967. The van der Waals surface area contributed by atoms with Crippen molar-refractivity contribution in [3.63, 3.8) is 0 Å². The highest BCUT2D eigenvalue weighted by Crippen LogP contribution is 2.29. The van der Waals surface area contributed by atoms with Crippen LogP contribution in [0.2, 0.25) is 5.15 Å². The molecule has 1 heterocycles. The van der Waals surface area contributed by atoms with Gasteiger partial charge in [-0.05, 0) is 27.7 Å². The molecular weight excluding hydrogens is 240 g/mol. The van der Waals surface area contributed by atoms with E-state index in [0.717, 1.165) is 0 Å². The topological polar surface area (TPSA) is 80.9 Å². The normalized spacial score (nSPS) is 12.4. The Morgan fingerprint density at radius 3 is 2.41 bits per heavy atom. The van der Waals surface area contributed by atoms with Crippen LogP contribution in [-0.4, -0.2) is 21.4 Å². The van der Waals surface area contributed by atoms with Gasteiger partial charge in [-0.2, -0.15) is 0 Å².